The van der Waals surface area contributed by atoms with E-state index in [1.54, 1.807) is 24.5 Å². The van der Waals surface area contributed by atoms with Gasteiger partial charge in [0.2, 0.25) is 5.78 Å². The van der Waals surface area contributed by atoms with Crippen LogP contribution in [0.2, 0.25) is 0 Å². The Morgan fingerprint density at radius 1 is 1.39 bits per heavy atom. The molecule has 0 aliphatic heterocycles. The fourth-order valence-electron chi connectivity index (χ4n) is 2.04. The van der Waals surface area contributed by atoms with E-state index in [0.29, 0.717) is 0 Å². The number of pyridine rings is 1. The summed E-state index contributed by atoms with van der Waals surface area (Å²) in [6, 6.07) is 2.62. The van der Waals surface area contributed by atoms with Crippen molar-refractivity contribution in [1.29, 1.82) is 0 Å². The van der Waals surface area contributed by atoms with Crippen molar-refractivity contribution >= 4 is 11.5 Å². The first-order chi connectivity index (χ1) is 11.1. The van der Waals surface area contributed by atoms with Crippen LogP contribution in [-0.4, -0.2) is 31.1 Å². The molecule has 0 saturated heterocycles. The van der Waals surface area contributed by atoms with Crippen LogP contribution < -0.4 is 0 Å². The molecule has 0 unspecified atom stereocenters. The third-order valence-electron chi connectivity index (χ3n) is 3.17. The Bertz CT molecular complexity index is 841. The van der Waals surface area contributed by atoms with E-state index in [1.165, 1.54) is 6.33 Å². The molecule has 0 atom stereocenters. The number of rotatable bonds is 5. The Balaban J connectivity index is 1.90. The number of aliphatic hydroxyl groups excluding tert-OH is 1. The molecular weight excluding hydrogens is 303 g/mol. The van der Waals surface area contributed by atoms with Gasteiger partial charge in [-0.2, -0.15) is 9.49 Å². The molecule has 7 nitrogen and oxygen atoms in total. The van der Waals surface area contributed by atoms with Crippen molar-refractivity contribution in [3.8, 4) is 0 Å². The predicted molar refractivity (Wildman–Crippen MR) is 77.0 cm³/mol. The fraction of sp³-hybridized carbons (Fsp3) is 0.0667. The van der Waals surface area contributed by atoms with E-state index in [9.17, 15) is 14.3 Å². The quantitative estimate of drug-likeness (QED) is 0.425. The van der Waals surface area contributed by atoms with Crippen LogP contribution in [0.15, 0.2) is 47.6 Å². The normalized spacial score (nSPS) is 11.6. The largest absolute Gasteiger partial charge is 0.507 e. The van der Waals surface area contributed by atoms with E-state index in [2.05, 4.69) is 20.2 Å². The molecular formula is C15H11FN4O3. The average molecular weight is 314 g/mol. The molecule has 116 valence electrons. The lowest BCUT2D eigenvalue weighted by molar-refractivity contribution is 0.103. The fourth-order valence-corrected chi connectivity index (χ4v) is 2.04. The number of allylic oxidation sites excluding steroid dienone is 1. The molecule has 8 heteroatoms. The second kappa shape index (κ2) is 6.22. The lowest BCUT2D eigenvalue weighted by Gasteiger charge is -2.02. The summed E-state index contributed by atoms with van der Waals surface area (Å²) in [6.45, 7) is 0. The average Bonchev–Trinajstić information content (AvgIpc) is 3.19. The Morgan fingerprint density at radius 2 is 2.17 bits per heavy atom. The van der Waals surface area contributed by atoms with Crippen LogP contribution in [0.3, 0.4) is 0 Å². The van der Waals surface area contributed by atoms with Crippen molar-refractivity contribution in [3.63, 3.8) is 0 Å². The van der Waals surface area contributed by atoms with Gasteiger partial charge in [-0.1, -0.05) is 0 Å². The van der Waals surface area contributed by atoms with Gasteiger partial charge in [0.1, 0.15) is 18.3 Å². The molecule has 3 aromatic heterocycles. The first kappa shape index (κ1) is 14.6. The molecule has 0 amide bonds. The van der Waals surface area contributed by atoms with Crippen LogP contribution in [0.4, 0.5) is 4.39 Å². The number of hydrogen-bond donors (Lipinski definition) is 2. The van der Waals surface area contributed by atoms with Gasteiger partial charge in [-0.25, -0.2) is 4.98 Å². The number of H-pyrrole nitrogens is 1. The number of carbonyl (C=O) groups is 1. The minimum absolute atomic E-state index is 0.0313. The number of aromatic nitrogens is 4. The SMILES string of the molecule is O=C(C=C(O)c1coc(F)c1Cc1ccncc1)c1ncn[nH]1. The second-order valence-electron chi connectivity index (χ2n) is 4.66. The standard InChI is InChI=1S/C15H11FN4O3/c16-14-10(5-9-1-3-17-4-2-9)11(7-23-14)12(21)6-13(22)15-18-8-19-20-15/h1-4,6-8,21H,5H2,(H,18,19,20). The van der Waals surface area contributed by atoms with Gasteiger partial charge in [0.25, 0.3) is 6.01 Å². The minimum atomic E-state index is -0.816. The van der Waals surface area contributed by atoms with Gasteiger partial charge < -0.3 is 9.52 Å². The Morgan fingerprint density at radius 3 is 2.87 bits per heavy atom. The van der Waals surface area contributed by atoms with E-state index >= 15 is 0 Å². The van der Waals surface area contributed by atoms with Crippen molar-refractivity contribution in [3.05, 3.63) is 71.7 Å². The third-order valence-corrected chi connectivity index (χ3v) is 3.17. The summed E-state index contributed by atoms with van der Waals surface area (Å²) >= 11 is 0. The first-order valence-corrected chi connectivity index (χ1v) is 6.60. The van der Waals surface area contributed by atoms with Gasteiger partial charge in [0, 0.05) is 30.5 Å². The molecule has 0 aliphatic carbocycles. The number of nitrogens with one attached hydrogen (secondary N) is 1. The molecule has 3 aromatic rings. The number of hydrogen-bond acceptors (Lipinski definition) is 6. The molecule has 0 aromatic carbocycles. The van der Waals surface area contributed by atoms with Crippen molar-refractivity contribution < 1.29 is 18.7 Å². The molecule has 23 heavy (non-hydrogen) atoms. The van der Waals surface area contributed by atoms with Gasteiger partial charge in [0.05, 0.1) is 5.56 Å². The van der Waals surface area contributed by atoms with Gasteiger partial charge >= 0.3 is 0 Å². The van der Waals surface area contributed by atoms with Crippen LogP contribution in [0, 0.1) is 6.01 Å². The van der Waals surface area contributed by atoms with E-state index < -0.39 is 17.6 Å². The molecule has 0 aliphatic rings. The van der Waals surface area contributed by atoms with Crippen LogP contribution in [0.25, 0.3) is 5.76 Å². The summed E-state index contributed by atoms with van der Waals surface area (Å²) in [7, 11) is 0. The predicted octanol–water partition coefficient (Wildman–Crippen LogP) is 2.30. The van der Waals surface area contributed by atoms with Gasteiger partial charge in [-0.05, 0) is 17.7 Å². The van der Waals surface area contributed by atoms with E-state index in [1.807, 2.05) is 0 Å². The number of furan rings is 1. The minimum Gasteiger partial charge on any atom is -0.507 e. The summed E-state index contributed by atoms with van der Waals surface area (Å²) in [5.41, 5.74) is 1.04. The highest BCUT2D eigenvalue weighted by Crippen LogP contribution is 2.25. The Labute approximate surface area is 129 Å². The molecule has 3 rings (SSSR count). The lowest BCUT2D eigenvalue weighted by atomic mass is 10.0. The Kier molecular flexibility index (Phi) is 3.96. The highest BCUT2D eigenvalue weighted by molar-refractivity contribution is 6.05. The number of carbonyl (C=O) groups excluding carboxylic acids is 1. The molecule has 0 radical (unpaired) electrons. The number of halogens is 1. The number of aromatic amines is 1. The number of aliphatic hydroxyl groups is 1. The molecule has 0 bridgehead atoms. The first-order valence-electron chi connectivity index (χ1n) is 6.60. The van der Waals surface area contributed by atoms with E-state index in [0.717, 1.165) is 17.9 Å². The van der Waals surface area contributed by atoms with E-state index in [4.69, 9.17) is 4.42 Å². The van der Waals surface area contributed by atoms with Crippen LogP contribution in [-0.2, 0) is 6.42 Å². The summed E-state index contributed by atoms with van der Waals surface area (Å²) in [5, 5.41) is 16.0. The molecule has 2 N–H and O–H groups in total. The van der Waals surface area contributed by atoms with Crippen LogP contribution in [0.5, 0.6) is 0 Å². The molecule has 3 heterocycles. The summed E-state index contributed by atoms with van der Waals surface area (Å²) in [6.07, 6.45) is 6.51. The van der Waals surface area contributed by atoms with Crippen molar-refractivity contribution in [2.45, 2.75) is 6.42 Å². The van der Waals surface area contributed by atoms with Crippen molar-refractivity contribution in [1.82, 2.24) is 20.2 Å². The molecule has 0 spiro atoms. The molecule has 0 saturated carbocycles. The Hall–Kier alpha value is -3.29. The zero-order chi connectivity index (χ0) is 16.2. The van der Waals surface area contributed by atoms with Gasteiger partial charge in [-0.3, -0.25) is 14.9 Å². The molecule has 0 fully saturated rings. The van der Waals surface area contributed by atoms with Crippen LogP contribution >= 0.6 is 0 Å². The summed E-state index contributed by atoms with van der Waals surface area (Å²) < 4.78 is 18.6. The van der Waals surface area contributed by atoms with E-state index in [-0.39, 0.29) is 23.4 Å². The smallest absolute Gasteiger partial charge is 0.282 e. The number of ketones is 1. The lowest BCUT2D eigenvalue weighted by Crippen LogP contribution is -2.00. The zero-order valence-electron chi connectivity index (χ0n) is 11.7. The van der Waals surface area contributed by atoms with Crippen molar-refractivity contribution in [2.75, 3.05) is 0 Å². The summed E-state index contributed by atoms with van der Waals surface area (Å²) in [5.74, 6) is -1.03. The topological polar surface area (TPSA) is 105 Å². The van der Waals surface area contributed by atoms with Gasteiger partial charge in [0.15, 0.2) is 5.82 Å². The van der Waals surface area contributed by atoms with Gasteiger partial charge in [-0.15, -0.1) is 0 Å². The monoisotopic (exact) mass is 314 g/mol. The third kappa shape index (κ3) is 3.15. The van der Waals surface area contributed by atoms with Crippen molar-refractivity contribution in [2.24, 2.45) is 0 Å². The maximum absolute atomic E-state index is 13.8. The highest BCUT2D eigenvalue weighted by Gasteiger charge is 2.18. The highest BCUT2D eigenvalue weighted by atomic mass is 19.1. The van der Waals surface area contributed by atoms with Crippen LogP contribution in [0.1, 0.15) is 27.3 Å². The maximum atomic E-state index is 13.8. The second-order valence-corrected chi connectivity index (χ2v) is 4.66. The summed E-state index contributed by atoms with van der Waals surface area (Å²) in [4.78, 5) is 19.4. The number of nitrogens with zero attached hydrogens (tertiary/aromatic N) is 3. The zero-order valence-corrected chi connectivity index (χ0v) is 11.7. The maximum Gasteiger partial charge on any atom is 0.282 e.